The Morgan fingerprint density at radius 3 is 2.34 bits per heavy atom. The Labute approximate surface area is 214 Å². The molecule has 7 nitrogen and oxygen atoms in total. The van der Waals surface area contributed by atoms with Gasteiger partial charge in [0.25, 0.3) is 5.91 Å². The maximum absolute atomic E-state index is 12.2. The van der Waals surface area contributed by atoms with Crippen LogP contribution in [0.2, 0.25) is 10.0 Å². The van der Waals surface area contributed by atoms with Crippen molar-refractivity contribution in [1.29, 1.82) is 0 Å². The van der Waals surface area contributed by atoms with E-state index in [1.54, 1.807) is 54.6 Å². The van der Waals surface area contributed by atoms with E-state index in [1.807, 2.05) is 12.1 Å². The number of halogens is 2. The fraction of sp³-hybridized carbons (Fsp3) is 0.192. The molecular weight excluding hydrogens is 489 g/mol. The predicted octanol–water partition coefficient (Wildman–Crippen LogP) is 6.56. The van der Waals surface area contributed by atoms with E-state index in [4.69, 9.17) is 32.8 Å². The Kier molecular flexibility index (Phi) is 9.95. The molecule has 0 aliphatic heterocycles. The largest absolute Gasteiger partial charge is 0.487 e. The van der Waals surface area contributed by atoms with Gasteiger partial charge < -0.3 is 14.9 Å². The van der Waals surface area contributed by atoms with Gasteiger partial charge in [-0.25, -0.2) is 4.79 Å². The Morgan fingerprint density at radius 1 is 0.943 bits per heavy atom. The number of carbonyl (C=O) groups is 2. The van der Waals surface area contributed by atoms with Crippen molar-refractivity contribution in [3.05, 3.63) is 94.0 Å². The molecule has 0 bridgehead atoms. The number of nitrogens with zero attached hydrogens (tertiary/aromatic N) is 1. The first-order valence-electron chi connectivity index (χ1n) is 11.0. The SMILES string of the molecule is CCCCON=C(COc1ccc(NC(=O)NC(=O)c2ccccc2Cl)cc1)c1ccc(Cl)cc1. The van der Waals surface area contributed by atoms with Gasteiger partial charge in [0.2, 0.25) is 0 Å². The minimum absolute atomic E-state index is 0.174. The highest BCUT2D eigenvalue weighted by Gasteiger charge is 2.13. The second-order valence-corrected chi connectivity index (χ2v) is 8.28. The molecular formula is C26H25Cl2N3O4. The molecule has 35 heavy (non-hydrogen) atoms. The lowest BCUT2D eigenvalue weighted by Crippen LogP contribution is -2.34. The van der Waals surface area contributed by atoms with E-state index in [0.717, 1.165) is 18.4 Å². The summed E-state index contributed by atoms with van der Waals surface area (Å²) in [6.07, 6.45) is 1.92. The molecule has 0 spiro atoms. The summed E-state index contributed by atoms with van der Waals surface area (Å²) in [7, 11) is 0. The summed E-state index contributed by atoms with van der Waals surface area (Å²) in [5.74, 6) is -0.0263. The van der Waals surface area contributed by atoms with E-state index in [2.05, 4.69) is 22.7 Å². The minimum Gasteiger partial charge on any atom is -0.487 e. The summed E-state index contributed by atoms with van der Waals surface area (Å²) in [5, 5.41) is 9.97. The van der Waals surface area contributed by atoms with E-state index in [9.17, 15) is 9.59 Å². The molecule has 182 valence electrons. The van der Waals surface area contributed by atoms with Gasteiger partial charge in [0, 0.05) is 16.3 Å². The maximum Gasteiger partial charge on any atom is 0.326 e. The predicted molar refractivity (Wildman–Crippen MR) is 139 cm³/mol. The number of urea groups is 1. The van der Waals surface area contributed by atoms with Crippen LogP contribution in [0.4, 0.5) is 10.5 Å². The number of anilines is 1. The van der Waals surface area contributed by atoms with E-state index in [1.165, 1.54) is 6.07 Å². The van der Waals surface area contributed by atoms with Crippen LogP contribution in [-0.2, 0) is 4.84 Å². The molecule has 0 saturated heterocycles. The molecule has 0 aromatic heterocycles. The van der Waals surface area contributed by atoms with Crippen molar-refractivity contribution in [3.8, 4) is 5.75 Å². The number of oxime groups is 1. The van der Waals surface area contributed by atoms with Crippen LogP contribution in [0.1, 0.15) is 35.7 Å². The molecule has 0 fully saturated rings. The number of nitrogens with one attached hydrogen (secondary N) is 2. The van der Waals surface area contributed by atoms with Crippen LogP contribution in [0.3, 0.4) is 0 Å². The fourth-order valence-electron chi connectivity index (χ4n) is 2.90. The van der Waals surface area contributed by atoms with Gasteiger partial charge in [-0.3, -0.25) is 10.1 Å². The average molecular weight is 514 g/mol. The summed E-state index contributed by atoms with van der Waals surface area (Å²) in [5.41, 5.74) is 2.16. The molecule has 3 rings (SSSR count). The van der Waals surface area contributed by atoms with Crippen LogP contribution in [0.5, 0.6) is 5.75 Å². The maximum atomic E-state index is 12.2. The quantitative estimate of drug-likeness (QED) is 0.182. The zero-order chi connectivity index (χ0) is 25.0. The van der Waals surface area contributed by atoms with Gasteiger partial charge in [-0.05, 0) is 55.0 Å². The molecule has 0 atom stereocenters. The smallest absolute Gasteiger partial charge is 0.326 e. The van der Waals surface area contributed by atoms with Gasteiger partial charge in [0.1, 0.15) is 24.7 Å². The number of hydrogen-bond acceptors (Lipinski definition) is 5. The van der Waals surface area contributed by atoms with Crippen molar-refractivity contribution in [1.82, 2.24) is 5.32 Å². The van der Waals surface area contributed by atoms with E-state index >= 15 is 0 Å². The Morgan fingerprint density at radius 2 is 1.66 bits per heavy atom. The molecule has 3 aromatic carbocycles. The third-order valence-electron chi connectivity index (χ3n) is 4.77. The standard InChI is InChI=1S/C26H25Cl2N3O4/c1-2-3-16-35-31-24(18-8-10-19(27)11-9-18)17-34-21-14-12-20(13-15-21)29-26(33)30-25(32)22-6-4-5-7-23(22)28/h4-15H,2-3,16-17H2,1H3,(H2,29,30,32,33). The summed E-state index contributed by atoms with van der Waals surface area (Å²) in [6.45, 7) is 2.78. The normalized spacial score (nSPS) is 11.0. The number of rotatable bonds is 10. The van der Waals surface area contributed by atoms with E-state index in [0.29, 0.717) is 28.8 Å². The molecule has 0 heterocycles. The first-order valence-corrected chi connectivity index (χ1v) is 11.8. The van der Waals surface area contributed by atoms with Crippen LogP contribution < -0.4 is 15.4 Å². The molecule has 0 aliphatic rings. The van der Waals surface area contributed by atoms with Crippen molar-refractivity contribution in [2.24, 2.45) is 5.16 Å². The third-order valence-corrected chi connectivity index (χ3v) is 5.36. The fourth-order valence-corrected chi connectivity index (χ4v) is 3.25. The molecule has 3 amide bonds. The number of ether oxygens (including phenoxy) is 1. The molecule has 0 aliphatic carbocycles. The monoisotopic (exact) mass is 513 g/mol. The zero-order valence-electron chi connectivity index (χ0n) is 19.1. The number of hydrogen-bond donors (Lipinski definition) is 2. The van der Waals surface area contributed by atoms with Crippen LogP contribution in [0, 0.1) is 0 Å². The van der Waals surface area contributed by atoms with Gasteiger partial charge in [0.15, 0.2) is 0 Å². The lowest BCUT2D eigenvalue weighted by Gasteiger charge is -2.11. The number of benzene rings is 3. The van der Waals surface area contributed by atoms with E-state index < -0.39 is 11.9 Å². The highest BCUT2D eigenvalue weighted by molar-refractivity contribution is 6.34. The Balaban J connectivity index is 1.57. The molecule has 0 unspecified atom stereocenters. The first kappa shape index (κ1) is 26.1. The van der Waals surface area contributed by atoms with Gasteiger partial charge in [-0.15, -0.1) is 0 Å². The van der Waals surface area contributed by atoms with Crippen LogP contribution in [0.25, 0.3) is 0 Å². The van der Waals surface area contributed by atoms with Gasteiger partial charge in [0.05, 0.1) is 10.6 Å². The second-order valence-electron chi connectivity index (χ2n) is 7.43. The lowest BCUT2D eigenvalue weighted by atomic mass is 10.1. The Hall–Kier alpha value is -3.55. The topological polar surface area (TPSA) is 89.0 Å². The van der Waals surface area contributed by atoms with Crippen LogP contribution in [-0.4, -0.2) is 30.9 Å². The van der Waals surface area contributed by atoms with Gasteiger partial charge in [-0.1, -0.05) is 66.0 Å². The lowest BCUT2D eigenvalue weighted by molar-refractivity contribution is 0.0967. The number of amides is 3. The summed E-state index contributed by atoms with van der Waals surface area (Å²) >= 11 is 12.0. The first-order chi connectivity index (χ1) is 17.0. The van der Waals surface area contributed by atoms with Crippen molar-refractivity contribution < 1.29 is 19.2 Å². The minimum atomic E-state index is -0.676. The zero-order valence-corrected chi connectivity index (χ0v) is 20.6. The van der Waals surface area contributed by atoms with Crippen molar-refractivity contribution in [2.45, 2.75) is 19.8 Å². The summed E-state index contributed by atoms with van der Waals surface area (Å²) < 4.78 is 5.86. The summed E-state index contributed by atoms with van der Waals surface area (Å²) in [6, 6.07) is 19.8. The number of carbonyl (C=O) groups excluding carboxylic acids is 2. The molecule has 9 heteroatoms. The summed E-state index contributed by atoms with van der Waals surface area (Å²) in [4.78, 5) is 29.8. The van der Waals surface area contributed by atoms with E-state index in [-0.39, 0.29) is 17.2 Å². The Bertz CT molecular complexity index is 1170. The average Bonchev–Trinajstić information content (AvgIpc) is 2.85. The van der Waals surface area contributed by atoms with Crippen LogP contribution >= 0.6 is 23.2 Å². The van der Waals surface area contributed by atoms with Crippen molar-refractivity contribution in [3.63, 3.8) is 0 Å². The third kappa shape index (κ3) is 8.31. The molecule has 3 aromatic rings. The highest BCUT2D eigenvalue weighted by atomic mass is 35.5. The molecule has 0 radical (unpaired) electrons. The van der Waals surface area contributed by atoms with Crippen molar-refractivity contribution in [2.75, 3.05) is 18.5 Å². The molecule has 2 N–H and O–H groups in total. The second kappa shape index (κ2) is 13.4. The molecule has 0 saturated carbocycles. The van der Waals surface area contributed by atoms with Gasteiger partial charge >= 0.3 is 6.03 Å². The number of unbranched alkanes of at least 4 members (excludes halogenated alkanes) is 1. The number of imide groups is 1. The van der Waals surface area contributed by atoms with Crippen LogP contribution in [0.15, 0.2) is 78.0 Å². The highest BCUT2D eigenvalue weighted by Crippen LogP contribution is 2.18. The van der Waals surface area contributed by atoms with Crippen molar-refractivity contribution >= 4 is 46.5 Å². The van der Waals surface area contributed by atoms with Gasteiger partial charge in [-0.2, -0.15) is 0 Å².